The highest BCUT2D eigenvalue weighted by Crippen LogP contribution is 2.49. The van der Waals surface area contributed by atoms with E-state index in [2.05, 4.69) is 22.8 Å². The number of fused-ring (bicyclic) bond motifs is 1. The molecule has 2 saturated carbocycles. The third-order valence-corrected chi connectivity index (χ3v) is 6.41. The van der Waals surface area contributed by atoms with Crippen LogP contribution in [0, 0.1) is 23.7 Å². The summed E-state index contributed by atoms with van der Waals surface area (Å²) in [5.74, 6) is 0.0460. The van der Waals surface area contributed by atoms with E-state index in [1.54, 1.807) is 0 Å². The first-order valence-corrected chi connectivity index (χ1v) is 9.73. The minimum atomic E-state index is -0.190. The number of amides is 4. The highest BCUT2D eigenvalue weighted by atomic mass is 16.2. The van der Waals surface area contributed by atoms with Crippen molar-refractivity contribution in [1.29, 1.82) is 0 Å². The zero-order valence-corrected chi connectivity index (χ0v) is 14.6. The molecule has 4 amide bonds. The van der Waals surface area contributed by atoms with Gasteiger partial charge in [-0.15, -0.1) is 0 Å². The van der Waals surface area contributed by atoms with E-state index in [1.807, 2.05) is 0 Å². The molecule has 1 heterocycles. The van der Waals surface area contributed by atoms with Crippen LogP contribution in [-0.4, -0.2) is 41.9 Å². The average molecular weight is 345 g/mol. The maximum Gasteiger partial charge on any atom is 0.315 e. The molecule has 1 saturated heterocycles. The second-order valence-electron chi connectivity index (χ2n) is 7.90. The number of likely N-dealkylation sites (tertiary alicyclic amines) is 1. The van der Waals surface area contributed by atoms with E-state index in [4.69, 9.17) is 0 Å². The molecule has 0 spiro atoms. The van der Waals surface area contributed by atoms with E-state index in [9.17, 15) is 14.4 Å². The fourth-order valence-corrected chi connectivity index (χ4v) is 5.12. The number of imide groups is 1. The number of urea groups is 1. The second kappa shape index (κ2) is 6.81. The van der Waals surface area contributed by atoms with Crippen molar-refractivity contribution in [3.63, 3.8) is 0 Å². The van der Waals surface area contributed by atoms with E-state index in [0.29, 0.717) is 6.54 Å². The Morgan fingerprint density at radius 1 is 0.960 bits per heavy atom. The summed E-state index contributed by atoms with van der Waals surface area (Å²) in [6.45, 7) is 0.598. The third-order valence-electron chi connectivity index (χ3n) is 6.41. The Labute approximate surface area is 148 Å². The standard InChI is InChI=1S/C19H27N3O3/c23-17-15-12-6-7-13(9-8-12)16(15)18(24)22(17)11-10-20-19(25)21-14-4-2-1-3-5-14/h6-7,12-16H,1-5,8-11H2,(H2,20,21,25). The summed E-state index contributed by atoms with van der Waals surface area (Å²) in [4.78, 5) is 38.7. The van der Waals surface area contributed by atoms with Gasteiger partial charge in [-0.3, -0.25) is 14.5 Å². The molecule has 0 aromatic carbocycles. The first-order chi connectivity index (χ1) is 12.1. The van der Waals surface area contributed by atoms with Gasteiger partial charge in [0.15, 0.2) is 0 Å². The molecule has 4 aliphatic carbocycles. The van der Waals surface area contributed by atoms with Crippen molar-refractivity contribution < 1.29 is 14.4 Å². The number of hydrogen-bond acceptors (Lipinski definition) is 3. The van der Waals surface area contributed by atoms with Gasteiger partial charge in [0, 0.05) is 19.1 Å². The van der Waals surface area contributed by atoms with Crippen molar-refractivity contribution in [2.75, 3.05) is 13.1 Å². The third kappa shape index (κ3) is 3.07. The second-order valence-corrected chi connectivity index (χ2v) is 7.90. The first kappa shape index (κ1) is 16.6. The minimum Gasteiger partial charge on any atom is -0.336 e. The maximum absolute atomic E-state index is 12.7. The predicted octanol–water partition coefficient (Wildman–Crippen LogP) is 1.82. The predicted molar refractivity (Wildman–Crippen MR) is 92.5 cm³/mol. The molecular formula is C19H27N3O3. The largest absolute Gasteiger partial charge is 0.336 e. The van der Waals surface area contributed by atoms with Gasteiger partial charge in [0.1, 0.15) is 0 Å². The summed E-state index contributed by atoms with van der Waals surface area (Å²) >= 11 is 0. The molecule has 4 unspecified atom stereocenters. The van der Waals surface area contributed by atoms with Crippen molar-refractivity contribution in [1.82, 2.24) is 15.5 Å². The first-order valence-electron chi connectivity index (χ1n) is 9.73. The lowest BCUT2D eigenvalue weighted by Gasteiger charge is -2.38. The van der Waals surface area contributed by atoms with Gasteiger partial charge < -0.3 is 10.6 Å². The maximum atomic E-state index is 12.7. The van der Waals surface area contributed by atoms with Gasteiger partial charge >= 0.3 is 6.03 Å². The fraction of sp³-hybridized carbons (Fsp3) is 0.737. The Morgan fingerprint density at radius 2 is 1.56 bits per heavy atom. The summed E-state index contributed by atoms with van der Waals surface area (Å²) in [5, 5.41) is 5.80. The quantitative estimate of drug-likeness (QED) is 0.602. The van der Waals surface area contributed by atoms with Gasteiger partial charge in [0.25, 0.3) is 0 Å². The lowest BCUT2D eigenvalue weighted by Crippen LogP contribution is -2.46. The summed E-state index contributed by atoms with van der Waals surface area (Å²) in [7, 11) is 0. The smallest absolute Gasteiger partial charge is 0.315 e. The summed E-state index contributed by atoms with van der Waals surface area (Å²) in [6, 6.07) is 0.0681. The lowest BCUT2D eigenvalue weighted by molar-refractivity contribution is -0.140. The molecule has 136 valence electrons. The van der Waals surface area contributed by atoms with Crippen LogP contribution in [0.5, 0.6) is 0 Å². The SMILES string of the molecule is O=C(NCCN1C(=O)C2C3C=CC(CC3)C2C1=O)NC1CCCCC1. The number of nitrogens with one attached hydrogen (secondary N) is 2. The average Bonchev–Trinajstić information content (AvgIpc) is 2.90. The van der Waals surface area contributed by atoms with Crippen LogP contribution in [0.25, 0.3) is 0 Å². The van der Waals surface area contributed by atoms with Gasteiger partial charge in [-0.05, 0) is 37.5 Å². The summed E-state index contributed by atoms with van der Waals surface area (Å²) < 4.78 is 0. The zero-order chi connectivity index (χ0) is 17.4. The minimum absolute atomic E-state index is 0.0384. The molecular weight excluding hydrogens is 318 g/mol. The number of nitrogens with zero attached hydrogens (tertiary/aromatic N) is 1. The van der Waals surface area contributed by atoms with Crippen molar-refractivity contribution in [3.05, 3.63) is 12.2 Å². The number of allylic oxidation sites excluding steroid dienone is 2. The van der Waals surface area contributed by atoms with Gasteiger partial charge in [0.05, 0.1) is 11.8 Å². The van der Waals surface area contributed by atoms with Crippen molar-refractivity contribution >= 4 is 17.8 Å². The van der Waals surface area contributed by atoms with Crippen LogP contribution in [0.2, 0.25) is 0 Å². The van der Waals surface area contributed by atoms with Gasteiger partial charge in [-0.1, -0.05) is 31.4 Å². The Kier molecular flexibility index (Phi) is 4.52. The Balaban J connectivity index is 1.28. The van der Waals surface area contributed by atoms with Crippen molar-refractivity contribution in [2.24, 2.45) is 23.7 Å². The molecule has 2 N–H and O–H groups in total. The lowest BCUT2D eigenvalue weighted by atomic mass is 9.63. The monoisotopic (exact) mass is 345 g/mol. The number of carbonyl (C=O) groups is 3. The number of carbonyl (C=O) groups excluding carboxylic acids is 3. The molecule has 4 atom stereocenters. The molecule has 25 heavy (non-hydrogen) atoms. The highest BCUT2D eigenvalue weighted by molar-refractivity contribution is 6.06. The van der Waals surface area contributed by atoms with Crippen molar-refractivity contribution in [2.45, 2.75) is 51.0 Å². The molecule has 5 rings (SSSR count). The molecule has 2 bridgehead atoms. The van der Waals surface area contributed by atoms with E-state index < -0.39 is 0 Å². The van der Waals surface area contributed by atoms with Crippen LogP contribution >= 0.6 is 0 Å². The molecule has 5 aliphatic rings. The molecule has 0 aromatic rings. The molecule has 6 heteroatoms. The van der Waals surface area contributed by atoms with Crippen LogP contribution in [0.4, 0.5) is 4.79 Å². The molecule has 6 nitrogen and oxygen atoms in total. The fourth-order valence-electron chi connectivity index (χ4n) is 5.12. The van der Waals surface area contributed by atoms with Crippen LogP contribution in [0.3, 0.4) is 0 Å². The highest BCUT2D eigenvalue weighted by Gasteiger charge is 2.56. The normalized spacial score (nSPS) is 34.3. The summed E-state index contributed by atoms with van der Waals surface area (Å²) in [5.41, 5.74) is 0. The zero-order valence-electron chi connectivity index (χ0n) is 14.6. The topological polar surface area (TPSA) is 78.5 Å². The van der Waals surface area contributed by atoms with E-state index in [0.717, 1.165) is 25.7 Å². The van der Waals surface area contributed by atoms with E-state index >= 15 is 0 Å². The van der Waals surface area contributed by atoms with Crippen LogP contribution in [0.15, 0.2) is 12.2 Å². The van der Waals surface area contributed by atoms with Crippen LogP contribution < -0.4 is 10.6 Å². The Bertz CT molecular complexity index is 565. The Morgan fingerprint density at radius 3 is 2.12 bits per heavy atom. The van der Waals surface area contributed by atoms with Gasteiger partial charge in [-0.2, -0.15) is 0 Å². The van der Waals surface area contributed by atoms with Crippen LogP contribution in [0.1, 0.15) is 44.9 Å². The van der Waals surface area contributed by atoms with E-state index in [-0.39, 0.29) is 54.1 Å². The van der Waals surface area contributed by atoms with E-state index in [1.165, 1.54) is 24.2 Å². The van der Waals surface area contributed by atoms with Gasteiger partial charge in [-0.25, -0.2) is 4.79 Å². The van der Waals surface area contributed by atoms with Crippen molar-refractivity contribution in [3.8, 4) is 0 Å². The summed E-state index contributed by atoms with van der Waals surface area (Å²) in [6.07, 6.45) is 11.9. The van der Waals surface area contributed by atoms with Gasteiger partial charge in [0.2, 0.25) is 11.8 Å². The molecule has 3 fully saturated rings. The number of hydrogen-bond donors (Lipinski definition) is 2. The molecule has 0 aromatic heterocycles. The molecule has 0 radical (unpaired) electrons. The molecule has 1 aliphatic heterocycles. The Hall–Kier alpha value is -1.85. The van der Waals surface area contributed by atoms with Crippen LogP contribution in [-0.2, 0) is 9.59 Å². The number of rotatable bonds is 4.